The lowest BCUT2D eigenvalue weighted by atomic mass is 9.34. The van der Waals surface area contributed by atoms with Gasteiger partial charge in [0, 0.05) is 54.1 Å². The zero-order valence-electron chi connectivity index (χ0n) is 44.2. The molecular weight excluding hydrogens is 828 g/mol. The average Bonchev–Trinajstić information content (AvgIpc) is 3.63. The molecule has 0 spiro atoms. The molecule has 0 saturated carbocycles. The number of allylic oxidation sites excluding steroid dienone is 5. The first-order chi connectivity index (χ1) is 31.1. The fraction of sp³-hybridized carbons (Fsp3) is 0.492. The van der Waals surface area contributed by atoms with Gasteiger partial charge in [-0.2, -0.15) is 0 Å². The van der Waals surface area contributed by atoms with Gasteiger partial charge in [0.25, 0.3) is 6.71 Å². The van der Waals surface area contributed by atoms with Gasteiger partial charge in [0.1, 0.15) is 0 Å². The van der Waals surface area contributed by atoms with Crippen molar-refractivity contribution in [2.45, 2.75) is 194 Å². The first kappa shape index (κ1) is 45.2. The van der Waals surface area contributed by atoms with Crippen LogP contribution in [0.2, 0.25) is 0 Å². The van der Waals surface area contributed by atoms with Gasteiger partial charge in [-0.1, -0.05) is 153 Å². The molecule has 4 aromatic carbocycles. The first-order valence-corrected chi connectivity index (χ1v) is 26.8. The van der Waals surface area contributed by atoms with E-state index in [9.17, 15) is 0 Å². The van der Waals surface area contributed by atoms with Crippen LogP contribution < -0.4 is 20.0 Å². The molecule has 0 N–H and O–H groups in total. The van der Waals surface area contributed by atoms with Gasteiger partial charge >= 0.3 is 0 Å². The molecule has 1 unspecified atom stereocenters. The molecular formula is C63H77BN2S. The second-order valence-corrected chi connectivity index (χ2v) is 27.9. The molecule has 6 aliphatic rings. The number of fused-ring (bicyclic) bond motifs is 9. The van der Waals surface area contributed by atoms with E-state index in [-0.39, 0.29) is 44.6 Å². The van der Waals surface area contributed by atoms with Crippen LogP contribution in [-0.4, -0.2) is 6.71 Å². The van der Waals surface area contributed by atoms with Crippen LogP contribution in [-0.2, 0) is 37.9 Å². The highest BCUT2D eigenvalue weighted by molar-refractivity contribution is 7.32. The van der Waals surface area contributed by atoms with E-state index in [1.165, 1.54) is 108 Å². The van der Waals surface area contributed by atoms with Gasteiger partial charge in [0.15, 0.2) is 0 Å². The Morgan fingerprint density at radius 3 is 1.72 bits per heavy atom. The summed E-state index contributed by atoms with van der Waals surface area (Å²) >= 11 is 2.10. The largest absolute Gasteiger partial charge is 0.315 e. The fourth-order valence-electron chi connectivity index (χ4n) is 13.4. The number of hydrogen-bond donors (Lipinski definition) is 0. The maximum absolute atomic E-state index is 2.83. The van der Waals surface area contributed by atoms with Gasteiger partial charge in [-0.25, -0.2) is 0 Å². The third-order valence-corrected chi connectivity index (χ3v) is 19.5. The second-order valence-electron chi connectivity index (χ2n) is 26.8. The molecule has 5 aromatic rings. The maximum Gasteiger partial charge on any atom is 0.264 e. The van der Waals surface area contributed by atoms with Crippen LogP contribution >= 0.6 is 11.3 Å². The van der Waals surface area contributed by atoms with E-state index in [4.69, 9.17) is 0 Å². The number of anilines is 4. The summed E-state index contributed by atoms with van der Waals surface area (Å²) in [5, 5.41) is 1.43. The molecule has 4 heteroatoms. The molecule has 0 saturated heterocycles. The summed E-state index contributed by atoms with van der Waals surface area (Å²) in [5.41, 5.74) is 23.6. The molecule has 2 nitrogen and oxygen atoms in total. The predicted molar refractivity (Wildman–Crippen MR) is 293 cm³/mol. The molecule has 1 atom stereocenters. The molecule has 11 rings (SSSR count). The van der Waals surface area contributed by atoms with Crippen LogP contribution in [0.15, 0.2) is 95.8 Å². The van der Waals surface area contributed by atoms with E-state index < -0.39 is 0 Å². The normalized spacial score (nSPS) is 23.2. The summed E-state index contributed by atoms with van der Waals surface area (Å²) in [7, 11) is 0. The maximum atomic E-state index is 2.83. The van der Waals surface area contributed by atoms with Crippen LogP contribution in [0.1, 0.15) is 194 Å². The van der Waals surface area contributed by atoms with E-state index in [0.717, 1.165) is 12.8 Å². The molecule has 67 heavy (non-hydrogen) atoms. The molecule has 0 radical (unpaired) electrons. The zero-order chi connectivity index (χ0) is 47.9. The lowest BCUT2D eigenvalue weighted by Crippen LogP contribution is -2.57. The number of rotatable bonds is 3. The molecule has 1 aromatic heterocycles. The van der Waals surface area contributed by atoms with Crippen molar-refractivity contribution in [3.05, 3.63) is 140 Å². The van der Waals surface area contributed by atoms with Crippen molar-refractivity contribution in [1.82, 2.24) is 0 Å². The minimum absolute atomic E-state index is 0.0305. The summed E-state index contributed by atoms with van der Waals surface area (Å²) in [6, 6.07) is 25.7. The molecule has 0 bridgehead atoms. The third kappa shape index (κ3) is 6.59. The monoisotopic (exact) mass is 905 g/mol. The lowest BCUT2D eigenvalue weighted by molar-refractivity contribution is 0.332. The number of thiophene rings is 1. The quantitative estimate of drug-likeness (QED) is 0.131. The third-order valence-electron chi connectivity index (χ3n) is 18.3. The van der Waals surface area contributed by atoms with Gasteiger partial charge in [0.2, 0.25) is 0 Å². The Labute approximate surface area is 409 Å². The Bertz CT molecular complexity index is 3040. The number of nitrogens with zero attached hydrogens (tertiary/aromatic N) is 2. The van der Waals surface area contributed by atoms with Gasteiger partial charge < -0.3 is 9.80 Å². The molecule has 4 aliphatic carbocycles. The van der Waals surface area contributed by atoms with E-state index in [2.05, 4.69) is 218 Å². The van der Waals surface area contributed by atoms with E-state index in [1.807, 2.05) is 0 Å². The number of benzene rings is 4. The Morgan fingerprint density at radius 2 is 1.15 bits per heavy atom. The highest BCUT2D eigenvalue weighted by Gasteiger charge is 2.51. The van der Waals surface area contributed by atoms with E-state index in [0.29, 0.717) is 5.92 Å². The lowest BCUT2D eigenvalue weighted by Gasteiger charge is -2.50. The van der Waals surface area contributed by atoms with Crippen LogP contribution in [0.25, 0.3) is 10.1 Å². The summed E-state index contributed by atoms with van der Waals surface area (Å²) in [4.78, 5) is 5.58. The minimum atomic E-state index is -0.0765. The standard InChI is InChI=1S/C63H77BN2S/c1-18-38-30-51-54-52(31-38)66(49-34-45-42(29-37(49)2)58(6,7)23-26-61(45,12)13)50-35-46-44(60(10,11)25-27-62(46,14)15)33-48(50)64(54)56-55(65(51)40-21-19-39(20-22-40)57(3,4)5)41-32-43-47(36-53(41)67-56)63(16,17)28-24-59(43,8)9/h19-23,26,29-30,32-36,38H,18,24-25,27-28,31H2,1-17H3. The molecule has 0 amide bonds. The van der Waals surface area contributed by atoms with Crippen LogP contribution in [0.4, 0.5) is 22.7 Å². The Kier molecular flexibility index (Phi) is 9.56. The minimum Gasteiger partial charge on any atom is -0.315 e. The Hall–Kier alpha value is -4.28. The molecule has 2 aliphatic heterocycles. The molecule has 0 fully saturated rings. The topological polar surface area (TPSA) is 6.48 Å². The summed E-state index contributed by atoms with van der Waals surface area (Å²) < 4.78 is 2.95. The molecule has 3 heterocycles. The Balaban J connectivity index is 1.28. The average molecular weight is 905 g/mol. The second kappa shape index (κ2) is 14.2. The van der Waals surface area contributed by atoms with Gasteiger partial charge in [0.05, 0.1) is 5.69 Å². The number of hydrogen-bond acceptors (Lipinski definition) is 3. The number of aryl methyl sites for hydroxylation is 1. The van der Waals surface area contributed by atoms with E-state index >= 15 is 0 Å². The highest BCUT2D eigenvalue weighted by Crippen LogP contribution is 2.57. The fourth-order valence-corrected chi connectivity index (χ4v) is 14.8. The molecule has 348 valence electrons. The summed E-state index contributed by atoms with van der Waals surface area (Å²) in [5.74, 6) is 0.401. The van der Waals surface area contributed by atoms with Crippen molar-refractivity contribution < 1.29 is 0 Å². The smallest absolute Gasteiger partial charge is 0.264 e. The highest BCUT2D eigenvalue weighted by atomic mass is 32.1. The van der Waals surface area contributed by atoms with Crippen molar-refractivity contribution >= 4 is 61.1 Å². The summed E-state index contributed by atoms with van der Waals surface area (Å²) in [6.45, 7) is 41.6. The SMILES string of the molecule is CCC1C=C2C3=C(C1)N(c1cc4c(cc1C)C(C)(C)C=CC4(C)C)c1cc4c(cc1B3c1sc3cc5c(cc3c1N2c1ccc(C(C)(C)C)cc1)C(C)(C)CCC5(C)C)C(C)(C)CCC4(C)C. The van der Waals surface area contributed by atoms with Crippen molar-refractivity contribution in [2.75, 3.05) is 9.80 Å². The van der Waals surface area contributed by atoms with Crippen LogP contribution in [0.3, 0.4) is 0 Å². The van der Waals surface area contributed by atoms with Crippen LogP contribution in [0, 0.1) is 12.8 Å². The van der Waals surface area contributed by atoms with Crippen LogP contribution in [0.5, 0.6) is 0 Å². The zero-order valence-corrected chi connectivity index (χ0v) is 45.0. The first-order valence-electron chi connectivity index (χ1n) is 26.0. The van der Waals surface area contributed by atoms with Gasteiger partial charge in [-0.15, -0.1) is 11.3 Å². The van der Waals surface area contributed by atoms with Crippen molar-refractivity contribution in [3.8, 4) is 0 Å². The van der Waals surface area contributed by atoms with E-state index in [1.54, 1.807) is 22.3 Å². The van der Waals surface area contributed by atoms with Gasteiger partial charge in [-0.3, -0.25) is 0 Å². The van der Waals surface area contributed by atoms with Crippen molar-refractivity contribution in [1.29, 1.82) is 0 Å². The predicted octanol–water partition coefficient (Wildman–Crippen LogP) is 16.3. The Morgan fingerprint density at radius 1 is 0.627 bits per heavy atom. The van der Waals surface area contributed by atoms with Gasteiger partial charge in [-0.05, 0) is 170 Å². The van der Waals surface area contributed by atoms with Crippen molar-refractivity contribution in [3.63, 3.8) is 0 Å². The summed E-state index contributed by atoms with van der Waals surface area (Å²) in [6.07, 6.45) is 14.6. The van der Waals surface area contributed by atoms with Crippen molar-refractivity contribution in [2.24, 2.45) is 5.92 Å².